The number of phenolic OH excluding ortho intramolecular Hbond substituents is 1. The number of aromatic nitrogens is 1. The van der Waals surface area contributed by atoms with Gasteiger partial charge in [-0.2, -0.15) is 0 Å². The number of phenols is 1. The van der Waals surface area contributed by atoms with Crippen LogP contribution >= 0.6 is 0 Å². The maximum Gasteiger partial charge on any atom is 0.341 e. The molecule has 23 nitrogen and oxygen atoms in total. The van der Waals surface area contributed by atoms with Crippen LogP contribution in [0, 0.1) is 43.3 Å². The lowest BCUT2D eigenvalue weighted by Crippen LogP contribution is -2.60. The highest BCUT2D eigenvalue weighted by molar-refractivity contribution is 6.32. The number of piperidine rings is 1. The summed E-state index contributed by atoms with van der Waals surface area (Å²) in [5.41, 5.74) is 11.4. The third-order valence-corrected chi connectivity index (χ3v) is 17.4. The molecule has 2 aliphatic carbocycles. The van der Waals surface area contributed by atoms with Crippen LogP contribution in [0.4, 0.5) is 10.1 Å². The van der Waals surface area contributed by atoms with Gasteiger partial charge in [-0.3, -0.25) is 38.0 Å². The highest BCUT2D eigenvalue weighted by atomic mass is 19.1. The molecule has 1 unspecified atom stereocenters. The van der Waals surface area contributed by atoms with Gasteiger partial charge < -0.3 is 71.3 Å². The number of aryl methyl sites for hydroxylation is 1. The molecular formula is C60H72FN7O16. The molecule has 2 amide bonds. The standard InChI is InChI=1S/C60H72FN7O16/c1-26-10-9-11-27(2)56(76)65-44-47(66-19-15-34(16-20-66)57(77)64-23-32-14-18-67(24-32)46-29(4)45-35(33-12-13-33)22-36(59(79)80)58(78)68(45)25-37(46)61)51(73)39-40(50(44)72)49(71)30(5)53-41(39)55(75)60(7,84-53)82-21-17-38(81-8)28(3)54(83-31(6)69)43(63)52(74)42(62)48(26)70/h9-11,17,21-22,25-26,28,32-34,38,42-43,48,52,54,70-71,74H,12-16,18-20,23-24,62-63H2,1-8H3,(H,64,77)(H,65,76)(H,79,80)/b10-9+,21-17+,27-11-/t26-,28+,32?,38-,42+,43+,48-,52+,54+,60-/m0/s1. The van der Waals surface area contributed by atoms with Crippen LogP contribution in [0.1, 0.15) is 131 Å². The lowest BCUT2D eigenvalue weighted by molar-refractivity contribution is -0.155. The summed E-state index contributed by atoms with van der Waals surface area (Å²) in [5, 5.41) is 49.9. The fourth-order valence-electron chi connectivity index (χ4n) is 12.3. The van der Waals surface area contributed by atoms with Crippen molar-refractivity contribution in [3.05, 3.63) is 115 Å². The molecule has 1 aromatic carbocycles. The number of nitrogens with zero attached hydrogens (tertiary/aromatic N) is 3. The fraction of sp³-hybridized carbons (Fsp3) is 0.500. The molecular weight excluding hydrogens is 1090 g/mol. The van der Waals surface area contributed by atoms with Crippen molar-refractivity contribution in [3.8, 4) is 11.5 Å². The molecule has 10 atom stereocenters. The number of benzene rings is 1. The summed E-state index contributed by atoms with van der Waals surface area (Å²) in [6, 6.07) is -1.34. The van der Waals surface area contributed by atoms with E-state index in [4.69, 9.17) is 30.4 Å². The number of aliphatic hydroxyl groups is 2. The van der Waals surface area contributed by atoms with Crippen molar-refractivity contribution in [2.45, 2.75) is 129 Å². The van der Waals surface area contributed by atoms with Crippen molar-refractivity contribution in [2.24, 2.45) is 35.1 Å². The Bertz CT molecular complexity index is 3450. The first-order chi connectivity index (χ1) is 39.7. The van der Waals surface area contributed by atoms with Crippen molar-refractivity contribution in [1.29, 1.82) is 0 Å². The van der Waals surface area contributed by atoms with E-state index in [1.165, 1.54) is 58.3 Å². The number of amides is 2. The first-order valence-electron chi connectivity index (χ1n) is 28.1. The summed E-state index contributed by atoms with van der Waals surface area (Å²) < 4.78 is 40.5. The topological polar surface area (TPSA) is 341 Å². The van der Waals surface area contributed by atoms with Crippen molar-refractivity contribution in [3.63, 3.8) is 0 Å². The number of aliphatic hydroxyl groups excluding tert-OH is 2. The number of pyridine rings is 2. The van der Waals surface area contributed by atoms with Crippen molar-refractivity contribution >= 4 is 52.3 Å². The van der Waals surface area contributed by atoms with E-state index >= 15 is 9.18 Å². The number of hydrogen-bond donors (Lipinski definition) is 8. The molecule has 450 valence electrons. The van der Waals surface area contributed by atoms with Crippen LogP contribution in [0.2, 0.25) is 0 Å². The van der Waals surface area contributed by atoms with Crippen LogP contribution in [0.3, 0.4) is 0 Å². The second-order valence-corrected chi connectivity index (χ2v) is 23.1. The van der Waals surface area contributed by atoms with Gasteiger partial charge in [-0.1, -0.05) is 32.1 Å². The van der Waals surface area contributed by atoms with Gasteiger partial charge in [-0.15, -0.1) is 0 Å². The smallest absolute Gasteiger partial charge is 0.341 e. The largest absolute Gasteiger partial charge is 0.507 e. The minimum absolute atomic E-state index is 0.0189. The molecule has 24 heteroatoms. The molecule has 5 bridgehead atoms. The Morgan fingerprint density at radius 1 is 0.905 bits per heavy atom. The molecule has 10 N–H and O–H groups in total. The van der Waals surface area contributed by atoms with Crippen LogP contribution in [-0.2, 0) is 28.6 Å². The number of rotatable bonds is 9. The highest BCUT2D eigenvalue weighted by Crippen LogP contribution is 2.50. The van der Waals surface area contributed by atoms with Crippen LogP contribution in [0.5, 0.6) is 11.5 Å². The van der Waals surface area contributed by atoms with Gasteiger partial charge in [0, 0.05) is 82.6 Å². The molecule has 0 spiro atoms. The zero-order valence-electron chi connectivity index (χ0n) is 48.0. The van der Waals surface area contributed by atoms with E-state index in [-0.39, 0.29) is 78.4 Å². The Morgan fingerprint density at radius 2 is 1.58 bits per heavy atom. The number of anilines is 1. The number of allylic oxidation sites excluding steroid dienone is 4. The third-order valence-electron chi connectivity index (χ3n) is 17.4. The van der Waals surface area contributed by atoms with Gasteiger partial charge in [-0.05, 0) is 88.0 Å². The van der Waals surface area contributed by atoms with Gasteiger partial charge in [0.2, 0.25) is 17.5 Å². The monoisotopic (exact) mass is 1170 g/mol. The number of nitrogens with one attached hydrogen (secondary N) is 2. The van der Waals surface area contributed by atoms with Crippen LogP contribution < -0.4 is 37.3 Å². The Balaban J connectivity index is 0.976. The zero-order chi connectivity index (χ0) is 61.1. The number of esters is 1. The average Bonchev–Trinajstić information content (AvgIpc) is 1.43. The Hall–Kier alpha value is -7.77. The fourth-order valence-corrected chi connectivity index (χ4v) is 12.3. The number of carbonyl (C=O) groups excluding carboxylic acids is 6. The van der Waals surface area contributed by atoms with Gasteiger partial charge >= 0.3 is 17.7 Å². The first-order valence-corrected chi connectivity index (χ1v) is 28.1. The van der Waals surface area contributed by atoms with E-state index in [0.29, 0.717) is 41.8 Å². The SMILES string of the molecule is CO[C@H]1/C=C/O[C@@]2(C)Oc3c(C)c(O)c4c(c3C2=O)C(=O)C(N2CCC(C(=O)NCC3CCN(c5c(F)cn6c(=O)c(C(=O)O)cc(C7CC7)c6c5C)C3)CC2)=C(NC(=O)/C(C)=C\C=C\[C@H](C)[C@H](O)[C@@H](N)[C@@H](O)[C@@H](N)[C@H](OC(C)=O)[C@@H]1C)C4=O. The molecule has 2 saturated heterocycles. The summed E-state index contributed by atoms with van der Waals surface area (Å²) in [5.74, 6) is -12.1. The Morgan fingerprint density at radius 3 is 2.23 bits per heavy atom. The lowest BCUT2D eigenvalue weighted by atomic mass is 9.81. The normalized spacial score (nSPS) is 29.5. The van der Waals surface area contributed by atoms with E-state index in [0.717, 1.165) is 36.6 Å². The predicted molar refractivity (Wildman–Crippen MR) is 301 cm³/mol. The molecule has 1 saturated carbocycles. The number of aromatic hydroxyl groups is 1. The number of nitrogens with two attached hydrogens (primary N) is 2. The number of carboxylic acids is 1. The predicted octanol–water partition coefficient (Wildman–Crippen LogP) is 3.33. The van der Waals surface area contributed by atoms with E-state index in [2.05, 4.69) is 10.6 Å². The number of likely N-dealkylation sites (tertiary alicyclic amines) is 1. The molecule has 3 fully saturated rings. The lowest BCUT2D eigenvalue weighted by Gasteiger charge is -2.37. The van der Waals surface area contributed by atoms with Crippen LogP contribution in [-0.4, -0.2) is 153 Å². The molecule has 7 aliphatic rings. The summed E-state index contributed by atoms with van der Waals surface area (Å²) in [4.78, 5) is 114. The maximum absolute atomic E-state index is 16.0. The number of Topliss-reactive ketones (excluding diaryl/α,β-unsaturated/α-hetero) is 3. The summed E-state index contributed by atoms with van der Waals surface area (Å²) in [6.07, 6.45) is 5.11. The first kappa shape index (κ1) is 60.8. The van der Waals surface area contributed by atoms with Crippen molar-refractivity contribution < 1.29 is 77.3 Å². The molecule has 3 aromatic rings. The Kier molecular flexibility index (Phi) is 17.2. The molecule has 10 rings (SSSR count). The van der Waals surface area contributed by atoms with E-state index in [1.807, 2.05) is 4.90 Å². The van der Waals surface area contributed by atoms with Crippen molar-refractivity contribution in [2.75, 3.05) is 44.7 Å². The number of aromatic carboxylic acids is 1. The second-order valence-electron chi connectivity index (χ2n) is 23.1. The van der Waals surface area contributed by atoms with E-state index in [9.17, 15) is 54.0 Å². The molecule has 0 radical (unpaired) electrons. The van der Waals surface area contributed by atoms with Crippen LogP contribution in [0.25, 0.3) is 5.52 Å². The third kappa shape index (κ3) is 11.1. The minimum atomic E-state index is -2.22. The summed E-state index contributed by atoms with van der Waals surface area (Å²) in [7, 11) is 1.34. The van der Waals surface area contributed by atoms with E-state index in [1.54, 1.807) is 25.7 Å². The van der Waals surface area contributed by atoms with Gasteiger partial charge in [0.15, 0.2) is 5.82 Å². The number of hydrogen-bond acceptors (Lipinski definition) is 19. The minimum Gasteiger partial charge on any atom is -0.507 e. The number of methoxy groups -OCH3 is 1. The van der Waals surface area contributed by atoms with Crippen molar-refractivity contribution in [1.82, 2.24) is 19.9 Å². The van der Waals surface area contributed by atoms with Crippen LogP contribution in [0.15, 0.2) is 64.6 Å². The highest BCUT2D eigenvalue weighted by Gasteiger charge is 2.53. The number of halogens is 1. The number of fused-ring (bicyclic) bond motifs is 15. The molecule has 2 aromatic heterocycles. The van der Waals surface area contributed by atoms with Gasteiger partial charge in [0.05, 0.1) is 70.7 Å². The van der Waals surface area contributed by atoms with E-state index < -0.39 is 135 Å². The molecule has 84 heavy (non-hydrogen) atoms. The summed E-state index contributed by atoms with van der Waals surface area (Å²) >= 11 is 0. The molecule has 7 heterocycles. The maximum atomic E-state index is 16.0. The number of carboxylic acid groups (broad SMARTS) is 1. The number of carbonyl (C=O) groups is 7. The Labute approximate surface area is 483 Å². The summed E-state index contributed by atoms with van der Waals surface area (Å²) in [6.45, 7) is 11.3. The second kappa shape index (κ2) is 23.7. The molecule has 5 aliphatic heterocycles. The van der Waals surface area contributed by atoms with Gasteiger partial charge in [-0.25, -0.2) is 9.18 Å². The zero-order valence-corrected chi connectivity index (χ0v) is 48.0. The quantitative estimate of drug-likeness (QED) is 0.142. The van der Waals surface area contributed by atoms with Gasteiger partial charge in [0.25, 0.3) is 17.2 Å². The number of ether oxygens (including phenoxy) is 4. The number of ketones is 3. The average molecular weight is 1170 g/mol. The van der Waals surface area contributed by atoms with Gasteiger partial charge in [0.1, 0.15) is 34.6 Å².